The molecule has 25 heavy (non-hydrogen) atoms. The predicted molar refractivity (Wildman–Crippen MR) is 101 cm³/mol. The summed E-state index contributed by atoms with van der Waals surface area (Å²) < 4.78 is 0. The van der Waals surface area contributed by atoms with Crippen LogP contribution >= 0.6 is 0 Å². The van der Waals surface area contributed by atoms with E-state index in [2.05, 4.69) is 44.2 Å². The zero-order chi connectivity index (χ0) is 18.1. The highest BCUT2D eigenvalue weighted by Gasteiger charge is 2.24. The van der Waals surface area contributed by atoms with Gasteiger partial charge in [-0.25, -0.2) is 0 Å². The number of carbonyl (C=O) groups excluding carboxylic acids is 2. The highest BCUT2D eigenvalue weighted by Crippen LogP contribution is 2.29. The minimum Gasteiger partial charge on any atom is -0.299 e. The van der Waals surface area contributed by atoms with E-state index in [0.29, 0.717) is 0 Å². The molecule has 2 aromatic carbocycles. The van der Waals surface area contributed by atoms with Gasteiger partial charge in [-0.2, -0.15) is 0 Å². The van der Waals surface area contributed by atoms with Crippen LogP contribution in [0.3, 0.4) is 0 Å². The molecule has 0 fully saturated rings. The van der Waals surface area contributed by atoms with Gasteiger partial charge in [-0.05, 0) is 92.3 Å². The number of fused-ring (bicyclic) bond motifs is 4. The number of carbonyl (C=O) groups is 2. The normalized spacial score (nSPS) is 13.6. The first-order chi connectivity index (χ1) is 11.9. The lowest BCUT2D eigenvalue weighted by molar-refractivity contribution is -0.126. The van der Waals surface area contributed by atoms with Crippen molar-refractivity contribution in [2.24, 2.45) is 0 Å². The number of Topliss-reactive ketones (excluding diaryl/α,β-unsaturated/α-hetero) is 2. The van der Waals surface area contributed by atoms with Crippen LogP contribution < -0.4 is 0 Å². The van der Waals surface area contributed by atoms with Crippen molar-refractivity contribution in [1.82, 2.24) is 0 Å². The minimum absolute atomic E-state index is 0.0681. The topological polar surface area (TPSA) is 34.1 Å². The van der Waals surface area contributed by atoms with Gasteiger partial charge in [0.05, 0.1) is 0 Å². The molecule has 2 heteroatoms. The molecule has 0 aliphatic heterocycles. The Bertz CT molecular complexity index is 784. The molecule has 1 aliphatic carbocycles. The van der Waals surface area contributed by atoms with Crippen molar-refractivity contribution >= 4 is 11.6 Å². The van der Waals surface area contributed by atoms with Gasteiger partial charge in [-0.3, -0.25) is 9.59 Å². The van der Waals surface area contributed by atoms with Crippen LogP contribution in [0.4, 0.5) is 0 Å². The molecule has 0 radical (unpaired) electrons. The average molecular weight is 334 g/mol. The monoisotopic (exact) mass is 334 g/mol. The Morgan fingerprint density at radius 1 is 0.760 bits per heavy atom. The van der Waals surface area contributed by atoms with E-state index in [4.69, 9.17) is 0 Å². The quantitative estimate of drug-likeness (QED) is 0.777. The lowest BCUT2D eigenvalue weighted by Gasteiger charge is -2.21. The lowest BCUT2D eigenvalue weighted by Crippen LogP contribution is -2.18. The number of ketones is 2. The Morgan fingerprint density at radius 3 is 1.60 bits per heavy atom. The maximum absolute atomic E-state index is 12.0. The second-order valence-electron chi connectivity index (χ2n) is 7.32. The number of benzene rings is 2. The van der Waals surface area contributed by atoms with Crippen molar-refractivity contribution in [3.63, 3.8) is 0 Å². The molecule has 130 valence electrons. The van der Waals surface area contributed by atoms with Gasteiger partial charge in [0.2, 0.25) is 0 Å². The molecule has 0 atom stereocenters. The summed E-state index contributed by atoms with van der Waals surface area (Å²) in [5.41, 5.74) is 8.95. The molecule has 0 spiro atoms. The van der Waals surface area contributed by atoms with Gasteiger partial charge in [0.15, 0.2) is 0 Å². The molecule has 0 aromatic heterocycles. The van der Waals surface area contributed by atoms with E-state index in [1.807, 2.05) is 0 Å². The van der Waals surface area contributed by atoms with Crippen LogP contribution in [0.2, 0.25) is 0 Å². The Balaban J connectivity index is 2.09. The Morgan fingerprint density at radius 2 is 1.16 bits per heavy atom. The minimum atomic E-state index is -0.624. The lowest BCUT2D eigenvalue weighted by atomic mass is 9.83. The molecule has 3 rings (SSSR count). The summed E-state index contributed by atoms with van der Waals surface area (Å²) in [4.78, 5) is 24.1. The summed E-state index contributed by atoms with van der Waals surface area (Å²) >= 11 is 0. The maximum atomic E-state index is 12.0. The predicted octanol–water partition coefficient (Wildman–Crippen LogP) is 4.45. The van der Waals surface area contributed by atoms with E-state index in [1.54, 1.807) is 0 Å². The first-order valence-electron chi connectivity index (χ1n) is 9.09. The molecule has 0 amide bonds. The number of hydrogen-bond donors (Lipinski definition) is 0. The van der Waals surface area contributed by atoms with E-state index < -0.39 is 5.92 Å². The SMILES string of the molecule is CC(=O)C(C(C)=O)c1cc2c(C)c(c1)CCc1cccc(c1C)CC2. The van der Waals surface area contributed by atoms with Crippen molar-refractivity contribution in [1.29, 1.82) is 0 Å². The van der Waals surface area contributed by atoms with Crippen LogP contribution in [0.1, 0.15) is 58.7 Å². The van der Waals surface area contributed by atoms with Crippen molar-refractivity contribution in [2.45, 2.75) is 59.3 Å². The van der Waals surface area contributed by atoms with Gasteiger partial charge in [-0.15, -0.1) is 0 Å². The van der Waals surface area contributed by atoms with Gasteiger partial charge in [0, 0.05) is 0 Å². The molecule has 2 aromatic rings. The molecule has 1 aliphatic rings. The van der Waals surface area contributed by atoms with Crippen molar-refractivity contribution in [3.8, 4) is 0 Å². The molecule has 0 heterocycles. The third-order valence-electron chi connectivity index (χ3n) is 5.68. The van der Waals surface area contributed by atoms with Crippen molar-refractivity contribution < 1.29 is 9.59 Å². The summed E-state index contributed by atoms with van der Waals surface area (Å²) in [6, 6.07) is 10.8. The fraction of sp³-hybridized carbons (Fsp3) is 0.391. The van der Waals surface area contributed by atoms with E-state index >= 15 is 0 Å². The first kappa shape index (κ1) is 17.6. The second-order valence-corrected chi connectivity index (χ2v) is 7.32. The molecule has 0 saturated heterocycles. The van der Waals surface area contributed by atoms with Crippen LogP contribution in [0.5, 0.6) is 0 Å². The third kappa shape index (κ3) is 3.44. The fourth-order valence-electron chi connectivity index (χ4n) is 4.13. The standard InChI is InChI=1S/C23H26O2/c1-14-18-6-5-7-19(14)9-11-21-13-22(23(16(3)24)17(4)25)12-20(10-8-18)15(21)2/h5-7,12-13,23H,8-11H2,1-4H3. The fourth-order valence-corrected chi connectivity index (χ4v) is 4.13. The van der Waals surface area contributed by atoms with Crippen LogP contribution in [-0.4, -0.2) is 11.6 Å². The number of hydrogen-bond acceptors (Lipinski definition) is 2. The Hall–Kier alpha value is -2.22. The average Bonchev–Trinajstić information content (AvgIpc) is 2.54. The van der Waals surface area contributed by atoms with Crippen LogP contribution in [0.25, 0.3) is 0 Å². The molecule has 2 nitrogen and oxygen atoms in total. The molecule has 0 saturated carbocycles. The summed E-state index contributed by atoms with van der Waals surface area (Å²) in [5.74, 6) is -0.761. The van der Waals surface area contributed by atoms with Crippen molar-refractivity contribution in [3.05, 3.63) is 69.3 Å². The highest BCUT2D eigenvalue weighted by atomic mass is 16.1. The third-order valence-corrected chi connectivity index (χ3v) is 5.68. The summed E-state index contributed by atoms with van der Waals surface area (Å²) in [6.07, 6.45) is 3.88. The summed E-state index contributed by atoms with van der Waals surface area (Å²) in [7, 11) is 0. The smallest absolute Gasteiger partial charge is 0.144 e. The highest BCUT2D eigenvalue weighted by molar-refractivity contribution is 6.05. The van der Waals surface area contributed by atoms with Crippen molar-refractivity contribution in [2.75, 3.05) is 0 Å². The second kappa shape index (κ2) is 6.95. The Labute approximate surface area is 150 Å². The zero-order valence-corrected chi connectivity index (χ0v) is 15.6. The van der Waals surface area contributed by atoms with Gasteiger partial charge in [0.25, 0.3) is 0 Å². The van der Waals surface area contributed by atoms with E-state index in [1.165, 1.54) is 47.2 Å². The molecular formula is C23H26O2. The molecule has 0 N–H and O–H groups in total. The number of rotatable bonds is 3. The van der Waals surface area contributed by atoms with Gasteiger partial charge >= 0.3 is 0 Å². The van der Waals surface area contributed by atoms with Crippen LogP contribution in [0, 0.1) is 13.8 Å². The summed E-state index contributed by atoms with van der Waals surface area (Å²) in [5, 5.41) is 0. The largest absolute Gasteiger partial charge is 0.299 e. The molecule has 4 bridgehead atoms. The van der Waals surface area contributed by atoms with Gasteiger partial charge < -0.3 is 0 Å². The van der Waals surface area contributed by atoms with E-state index in [9.17, 15) is 9.59 Å². The first-order valence-corrected chi connectivity index (χ1v) is 9.09. The van der Waals surface area contributed by atoms with Gasteiger partial charge in [0.1, 0.15) is 17.5 Å². The number of aryl methyl sites for hydroxylation is 4. The van der Waals surface area contributed by atoms with E-state index in [0.717, 1.165) is 31.2 Å². The maximum Gasteiger partial charge on any atom is 0.144 e. The molecular weight excluding hydrogens is 308 g/mol. The molecule has 0 unspecified atom stereocenters. The van der Waals surface area contributed by atoms with Crippen LogP contribution in [-0.2, 0) is 35.3 Å². The van der Waals surface area contributed by atoms with Gasteiger partial charge in [-0.1, -0.05) is 30.3 Å². The Kier molecular flexibility index (Phi) is 4.89. The zero-order valence-electron chi connectivity index (χ0n) is 15.6. The van der Waals surface area contributed by atoms with Crippen LogP contribution in [0.15, 0.2) is 30.3 Å². The van der Waals surface area contributed by atoms with E-state index in [-0.39, 0.29) is 11.6 Å². The summed E-state index contributed by atoms with van der Waals surface area (Å²) in [6.45, 7) is 7.43.